The SMILES string of the molecule is CN1CCC[C@H]1COc1cccc(Cn2cnc3cc(-c4ccc(Cl)cc4)sc3c2=O)c1. The monoisotopic (exact) mass is 465 g/mol. The van der Waals surface area contributed by atoms with Gasteiger partial charge in [0.2, 0.25) is 0 Å². The summed E-state index contributed by atoms with van der Waals surface area (Å²) in [4.78, 5) is 21.0. The quantitative estimate of drug-likeness (QED) is 0.387. The molecule has 1 atom stereocenters. The molecule has 1 aliphatic heterocycles. The highest BCUT2D eigenvalue weighted by Gasteiger charge is 2.21. The number of halogens is 1. The third-order valence-corrected chi connectivity index (χ3v) is 7.41. The Morgan fingerprint density at radius 2 is 2.03 bits per heavy atom. The Balaban J connectivity index is 1.35. The van der Waals surface area contributed by atoms with Crippen LogP contribution in [0.4, 0.5) is 0 Å². The van der Waals surface area contributed by atoms with Crippen molar-refractivity contribution in [1.82, 2.24) is 14.5 Å². The maximum atomic E-state index is 13.1. The lowest BCUT2D eigenvalue weighted by Crippen LogP contribution is -2.30. The average molecular weight is 466 g/mol. The second-order valence-electron chi connectivity index (χ2n) is 8.24. The van der Waals surface area contributed by atoms with Crippen LogP contribution >= 0.6 is 22.9 Å². The molecule has 5 nitrogen and oxygen atoms in total. The van der Waals surface area contributed by atoms with Gasteiger partial charge >= 0.3 is 0 Å². The van der Waals surface area contributed by atoms with Crippen LogP contribution in [0.1, 0.15) is 18.4 Å². The summed E-state index contributed by atoms with van der Waals surface area (Å²) in [6, 6.07) is 18.0. The number of thiophene rings is 1. The molecule has 32 heavy (non-hydrogen) atoms. The molecule has 0 saturated carbocycles. The molecule has 0 spiro atoms. The number of hydrogen-bond acceptors (Lipinski definition) is 5. The summed E-state index contributed by atoms with van der Waals surface area (Å²) >= 11 is 7.46. The molecular formula is C25H24ClN3O2S. The molecule has 1 saturated heterocycles. The fourth-order valence-corrected chi connectivity index (χ4v) is 5.32. The highest BCUT2D eigenvalue weighted by atomic mass is 35.5. The summed E-state index contributed by atoms with van der Waals surface area (Å²) in [5.41, 5.74) is 2.74. The molecular weight excluding hydrogens is 442 g/mol. The van der Waals surface area contributed by atoms with E-state index in [4.69, 9.17) is 16.3 Å². The van der Waals surface area contributed by atoms with E-state index in [1.807, 2.05) is 54.6 Å². The van der Waals surface area contributed by atoms with E-state index in [2.05, 4.69) is 16.9 Å². The fraction of sp³-hybridized carbons (Fsp3) is 0.280. The van der Waals surface area contributed by atoms with Gasteiger partial charge in [-0.15, -0.1) is 11.3 Å². The lowest BCUT2D eigenvalue weighted by molar-refractivity contribution is 0.198. The Bertz CT molecular complexity index is 1300. The number of likely N-dealkylation sites (N-methyl/N-ethyl adjacent to an activating group) is 1. The number of benzene rings is 2. The molecule has 0 unspecified atom stereocenters. The summed E-state index contributed by atoms with van der Waals surface area (Å²) < 4.78 is 8.37. The molecule has 0 amide bonds. The van der Waals surface area contributed by atoms with Crippen LogP contribution in [0, 0.1) is 0 Å². The third kappa shape index (κ3) is 4.44. The van der Waals surface area contributed by atoms with Gasteiger partial charge < -0.3 is 9.64 Å². The average Bonchev–Trinajstić information content (AvgIpc) is 3.42. The van der Waals surface area contributed by atoms with Crippen molar-refractivity contribution in [3.05, 3.63) is 81.9 Å². The first-order valence-electron chi connectivity index (χ1n) is 10.7. The van der Waals surface area contributed by atoms with Crippen molar-refractivity contribution in [2.24, 2.45) is 0 Å². The van der Waals surface area contributed by atoms with Gasteiger partial charge in [-0.1, -0.05) is 35.9 Å². The molecule has 5 rings (SSSR count). The van der Waals surface area contributed by atoms with Crippen LogP contribution in [0.25, 0.3) is 20.7 Å². The van der Waals surface area contributed by atoms with Gasteiger partial charge in [-0.25, -0.2) is 4.98 Å². The summed E-state index contributed by atoms with van der Waals surface area (Å²) in [5, 5.41) is 0.691. The first-order chi connectivity index (χ1) is 15.6. The standard InChI is InChI=1S/C25H24ClN3O2S/c1-28-11-3-5-20(28)15-31-21-6-2-4-17(12-21)14-29-16-27-22-13-23(32-24(22)25(29)30)18-7-9-19(26)10-8-18/h2,4,6-10,12-13,16,20H,3,5,11,14-15H2,1H3/t20-/m0/s1. The van der Waals surface area contributed by atoms with E-state index < -0.39 is 0 Å². The van der Waals surface area contributed by atoms with Gasteiger partial charge in [0.25, 0.3) is 5.56 Å². The maximum absolute atomic E-state index is 13.1. The van der Waals surface area contributed by atoms with E-state index in [0.29, 0.717) is 28.9 Å². The van der Waals surface area contributed by atoms with Crippen LogP contribution in [0.3, 0.4) is 0 Å². The predicted molar refractivity (Wildman–Crippen MR) is 131 cm³/mol. The number of fused-ring (bicyclic) bond motifs is 1. The smallest absolute Gasteiger partial charge is 0.271 e. The van der Waals surface area contributed by atoms with Crippen molar-refractivity contribution < 1.29 is 4.74 Å². The minimum absolute atomic E-state index is 0.0286. The van der Waals surface area contributed by atoms with Crippen LogP contribution in [-0.2, 0) is 6.54 Å². The number of rotatable bonds is 6. The van der Waals surface area contributed by atoms with Crippen molar-refractivity contribution in [2.45, 2.75) is 25.4 Å². The summed E-state index contributed by atoms with van der Waals surface area (Å²) in [5.74, 6) is 0.839. The van der Waals surface area contributed by atoms with E-state index in [1.165, 1.54) is 24.2 Å². The number of hydrogen-bond donors (Lipinski definition) is 0. The van der Waals surface area contributed by atoms with E-state index in [0.717, 1.165) is 33.8 Å². The maximum Gasteiger partial charge on any atom is 0.271 e. The Hall–Kier alpha value is -2.67. The molecule has 3 heterocycles. The van der Waals surface area contributed by atoms with Crippen molar-refractivity contribution in [1.29, 1.82) is 0 Å². The molecule has 0 bridgehead atoms. The number of nitrogens with zero attached hydrogens (tertiary/aromatic N) is 3. The van der Waals surface area contributed by atoms with Gasteiger partial charge in [0.1, 0.15) is 17.1 Å². The zero-order chi connectivity index (χ0) is 22.1. The number of aromatic nitrogens is 2. The topological polar surface area (TPSA) is 47.4 Å². The van der Waals surface area contributed by atoms with E-state index in [1.54, 1.807) is 10.9 Å². The summed E-state index contributed by atoms with van der Waals surface area (Å²) in [6.45, 7) is 2.28. The zero-order valence-electron chi connectivity index (χ0n) is 17.8. The summed E-state index contributed by atoms with van der Waals surface area (Å²) in [6.07, 6.45) is 4.03. The second kappa shape index (κ2) is 9.06. The first-order valence-corrected chi connectivity index (χ1v) is 11.9. The molecule has 0 N–H and O–H groups in total. The molecule has 1 fully saturated rings. The minimum atomic E-state index is -0.0286. The van der Waals surface area contributed by atoms with Crippen LogP contribution in [-0.4, -0.2) is 40.7 Å². The molecule has 1 aliphatic rings. The molecule has 4 aromatic rings. The summed E-state index contributed by atoms with van der Waals surface area (Å²) in [7, 11) is 2.15. The van der Waals surface area contributed by atoms with Crippen molar-refractivity contribution in [3.8, 4) is 16.2 Å². The first kappa shape index (κ1) is 21.2. The van der Waals surface area contributed by atoms with Crippen LogP contribution < -0.4 is 10.3 Å². The van der Waals surface area contributed by atoms with E-state index in [9.17, 15) is 4.79 Å². The highest BCUT2D eigenvalue weighted by molar-refractivity contribution is 7.22. The molecule has 2 aromatic heterocycles. The Kier molecular flexibility index (Phi) is 6.00. The van der Waals surface area contributed by atoms with Gasteiger partial charge in [0.05, 0.1) is 18.4 Å². The largest absolute Gasteiger partial charge is 0.492 e. The molecule has 2 aromatic carbocycles. The van der Waals surface area contributed by atoms with Crippen LogP contribution in [0.2, 0.25) is 5.02 Å². The minimum Gasteiger partial charge on any atom is -0.492 e. The number of likely N-dealkylation sites (tertiary alicyclic amines) is 1. The lowest BCUT2D eigenvalue weighted by Gasteiger charge is -2.19. The lowest BCUT2D eigenvalue weighted by atomic mass is 10.2. The van der Waals surface area contributed by atoms with Gasteiger partial charge in [-0.3, -0.25) is 9.36 Å². The van der Waals surface area contributed by atoms with Crippen molar-refractivity contribution >= 4 is 33.2 Å². The van der Waals surface area contributed by atoms with Gasteiger partial charge in [0.15, 0.2) is 0 Å². The fourth-order valence-electron chi connectivity index (χ4n) is 4.13. The Morgan fingerprint density at radius 1 is 1.19 bits per heavy atom. The van der Waals surface area contributed by atoms with E-state index in [-0.39, 0.29) is 5.56 Å². The van der Waals surface area contributed by atoms with Crippen LogP contribution in [0.15, 0.2) is 65.7 Å². The third-order valence-electron chi connectivity index (χ3n) is 6.00. The molecule has 0 radical (unpaired) electrons. The van der Waals surface area contributed by atoms with E-state index >= 15 is 0 Å². The Labute approximate surface area is 195 Å². The molecule has 164 valence electrons. The predicted octanol–water partition coefficient (Wildman–Crippen LogP) is 5.30. The van der Waals surface area contributed by atoms with Crippen LogP contribution in [0.5, 0.6) is 5.75 Å². The molecule has 0 aliphatic carbocycles. The second-order valence-corrected chi connectivity index (χ2v) is 9.73. The number of ether oxygens (including phenoxy) is 1. The van der Waals surface area contributed by atoms with Crippen molar-refractivity contribution in [2.75, 3.05) is 20.2 Å². The van der Waals surface area contributed by atoms with Gasteiger partial charge in [0, 0.05) is 15.9 Å². The highest BCUT2D eigenvalue weighted by Crippen LogP contribution is 2.31. The van der Waals surface area contributed by atoms with Gasteiger partial charge in [-0.05, 0) is 67.9 Å². The normalized spacial score (nSPS) is 16.6. The Morgan fingerprint density at radius 3 is 2.81 bits per heavy atom. The zero-order valence-corrected chi connectivity index (χ0v) is 19.4. The molecule has 7 heteroatoms. The van der Waals surface area contributed by atoms with Gasteiger partial charge in [-0.2, -0.15) is 0 Å². The van der Waals surface area contributed by atoms with Crippen molar-refractivity contribution in [3.63, 3.8) is 0 Å².